The summed E-state index contributed by atoms with van der Waals surface area (Å²) in [7, 11) is 2.07. The van der Waals surface area contributed by atoms with Crippen LogP contribution in [0.2, 0.25) is 0 Å². The maximum Gasteiger partial charge on any atom is 0.0510 e. The fourth-order valence-corrected chi connectivity index (χ4v) is 1.33. The number of hydrogen-bond acceptors (Lipinski definition) is 1. The van der Waals surface area contributed by atoms with Gasteiger partial charge in [0.2, 0.25) is 0 Å². The number of rotatable bonds is 0. The van der Waals surface area contributed by atoms with Crippen molar-refractivity contribution in [3.63, 3.8) is 0 Å². The monoisotopic (exact) mass is 176 g/mol. The van der Waals surface area contributed by atoms with E-state index in [1.807, 2.05) is 32.3 Å². The Morgan fingerprint density at radius 1 is 1.31 bits per heavy atom. The van der Waals surface area contributed by atoms with E-state index >= 15 is 0 Å². The predicted octanol–water partition coefficient (Wildman–Crippen LogP) is 2.91. The van der Waals surface area contributed by atoms with Crippen molar-refractivity contribution in [3.8, 4) is 0 Å². The topological polar surface area (TPSA) is 17.8 Å². The van der Waals surface area contributed by atoms with Crippen LogP contribution in [0.1, 0.15) is 19.5 Å². The van der Waals surface area contributed by atoms with E-state index in [1.54, 1.807) is 0 Å². The third-order valence-corrected chi connectivity index (χ3v) is 2.08. The van der Waals surface area contributed by atoms with Gasteiger partial charge in [-0.15, -0.1) is 0 Å². The molecule has 2 heterocycles. The van der Waals surface area contributed by atoms with Gasteiger partial charge in [-0.05, 0) is 19.1 Å². The summed E-state index contributed by atoms with van der Waals surface area (Å²) < 4.78 is 2.16. The molecule has 0 bridgehead atoms. The predicted molar refractivity (Wildman–Crippen MR) is 56.8 cm³/mol. The summed E-state index contributed by atoms with van der Waals surface area (Å²) in [5.74, 6) is 0. The van der Waals surface area contributed by atoms with Crippen molar-refractivity contribution >= 4 is 10.9 Å². The second kappa shape index (κ2) is 4.08. The zero-order chi connectivity index (χ0) is 9.84. The van der Waals surface area contributed by atoms with Gasteiger partial charge in [0.1, 0.15) is 0 Å². The van der Waals surface area contributed by atoms with E-state index in [0.29, 0.717) is 0 Å². The summed E-state index contributed by atoms with van der Waals surface area (Å²) >= 11 is 0. The molecule has 0 aliphatic heterocycles. The number of aromatic nitrogens is 2. The Morgan fingerprint density at radius 3 is 2.62 bits per heavy atom. The molecule has 0 radical (unpaired) electrons. The molecule has 70 valence electrons. The second-order valence-corrected chi connectivity index (χ2v) is 2.78. The van der Waals surface area contributed by atoms with Gasteiger partial charge >= 0.3 is 0 Å². The van der Waals surface area contributed by atoms with Crippen molar-refractivity contribution in [1.29, 1.82) is 0 Å². The molecule has 2 nitrogen and oxygen atoms in total. The van der Waals surface area contributed by atoms with E-state index in [1.165, 1.54) is 16.6 Å². The van der Waals surface area contributed by atoms with Gasteiger partial charge in [0.15, 0.2) is 0 Å². The molecule has 2 rings (SSSR count). The van der Waals surface area contributed by atoms with Crippen LogP contribution in [0.15, 0.2) is 24.5 Å². The Bertz CT molecular complexity index is 388. The first-order chi connectivity index (χ1) is 6.29. The highest BCUT2D eigenvalue weighted by molar-refractivity contribution is 5.79. The Hall–Kier alpha value is -1.31. The van der Waals surface area contributed by atoms with Gasteiger partial charge in [0, 0.05) is 30.5 Å². The lowest BCUT2D eigenvalue weighted by atomic mass is 10.3. The molecular formula is C11H16N2. The zero-order valence-electron chi connectivity index (χ0n) is 8.70. The third-order valence-electron chi connectivity index (χ3n) is 2.08. The Morgan fingerprint density at radius 2 is 2.00 bits per heavy atom. The molecule has 0 amide bonds. The average molecular weight is 176 g/mol. The third kappa shape index (κ3) is 1.72. The zero-order valence-corrected chi connectivity index (χ0v) is 8.70. The van der Waals surface area contributed by atoms with Crippen LogP contribution in [0.25, 0.3) is 10.9 Å². The quantitative estimate of drug-likeness (QED) is 0.603. The standard InChI is InChI=1S/C9H10N2.C2H6/c1-7-5-8-6-10-4-3-9(8)11(7)2;1-2/h3-6H,1-2H3;1-2H3. The normalized spacial score (nSPS) is 9.54. The van der Waals surface area contributed by atoms with E-state index in [0.717, 1.165) is 0 Å². The number of pyridine rings is 1. The van der Waals surface area contributed by atoms with Crippen molar-refractivity contribution in [2.24, 2.45) is 7.05 Å². The van der Waals surface area contributed by atoms with Gasteiger partial charge < -0.3 is 4.57 Å². The maximum absolute atomic E-state index is 4.05. The average Bonchev–Trinajstić information content (AvgIpc) is 2.47. The minimum atomic E-state index is 1.22. The van der Waals surface area contributed by atoms with E-state index in [4.69, 9.17) is 0 Å². The van der Waals surface area contributed by atoms with Gasteiger partial charge in [-0.25, -0.2) is 0 Å². The molecule has 0 aliphatic carbocycles. The largest absolute Gasteiger partial charge is 0.348 e. The molecular weight excluding hydrogens is 160 g/mol. The van der Waals surface area contributed by atoms with E-state index in [9.17, 15) is 0 Å². The maximum atomic E-state index is 4.05. The van der Waals surface area contributed by atoms with Crippen LogP contribution < -0.4 is 0 Å². The summed E-state index contributed by atoms with van der Waals surface area (Å²) in [5.41, 5.74) is 2.52. The van der Waals surface area contributed by atoms with E-state index < -0.39 is 0 Å². The van der Waals surface area contributed by atoms with Crippen LogP contribution in [0.3, 0.4) is 0 Å². The number of fused-ring (bicyclic) bond motifs is 1. The molecule has 13 heavy (non-hydrogen) atoms. The Kier molecular flexibility index (Phi) is 3.07. The molecule has 0 N–H and O–H groups in total. The van der Waals surface area contributed by atoms with Crippen LogP contribution in [0, 0.1) is 6.92 Å². The summed E-state index contributed by atoms with van der Waals surface area (Å²) in [6, 6.07) is 4.17. The second-order valence-electron chi connectivity index (χ2n) is 2.78. The molecule has 0 saturated heterocycles. The van der Waals surface area contributed by atoms with Crippen LogP contribution in [-0.4, -0.2) is 9.55 Å². The van der Waals surface area contributed by atoms with E-state index in [-0.39, 0.29) is 0 Å². The molecule has 0 fully saturated rings. The highest BCUT2D eigenvalue weighted by Gasteiger charge is 1.99. The molecule has 2 aromatic rings. The van der Waals surface area contributed by atoms with Crippen LogP contribution in [0.4, 0.5) is 0 Å². The first-order valence-electron chi connectivity index (χ1n) is 4.65. The minimum Gasteiger partial charge on any atom is -0.348 e. The molecule has 0 aliphatic rings. The van der Waals surface area contributed by atoms with Crippen LogP contribution >= 0.6 is 0 Å². The lowest BCUT2D eigenvalue weighted by Crippen LogP contribution is -1.88. The fraction of sp³-hybridized carbons (Fsp3) is 0.364. The van der Waals surface area contributed by atoms with Gasteiger partial charge in [-0.2, -0.15) is 0 Å². The van der Waals surface area contributed by atoms with Gasteiger partial charge in [0.25, 0.3) is 0 Å². The Balaban J connectivity index is 0.000000396. The molecule has 0 aromatic carbocycles. The van der Waals surface area contributed by atoms with Crippen LogP contribution in [-0.2, 0) is 7.05 Å². The summed E-state index contributed by atoms with van der Waals surface area (Å²) in [4.78, 5) is 4.05. The molecule has 0 spiro atoms. The highest BCUT2D eigenvalue weighted by Crippen LogP contribution is 2.15. The lowest BCUT2D eigenvalue weighted by Gasteiger charge is -1.96. The van der Waals surface area contributed by atoms with Crippen molar-refractivity contribution in [3.05, 3.63) is 30.2 Å². The first kappa shape index (κ1) is 9.78. The summed E-state index contributed by atoms with van der Waals surface area (Å²) in [6.07, 6.45) is 3.71. The van der Waals surface area contributed by atoms with Crippen molar-refractivity contribution in [1.82, 2.24) is 9.55 Å². The lowest BCUT2D eigenvalue weighted by molar-refractivity contribution is 0.917. The first-order valence-corrected chi connectivity index (χ1v) is 4.65. The smallest absolute Gasteiger partial charge is 0.0510 e. The van der Waals surface area contributed by atoms with Crippen molar-refractivity contribution < 1.29 is 0 Å². The molecule has 2 heteroatoms. The summed E-state index contributed by atoms with van der Waals surface area (Å²) in [5, 5.41) is 1.22. The van der Waals surface area contributed by atoms with E-state index in [2.05, 4.69) is 29.6 Å². The molecule has 0 unspecified atom stereocenters. The highest BCUT2D eigenvalue weighted by atomic mass is 14.9. The van der Waals surface area contributed by atoms with Crippen molar-refractivity contribution in [2.45, 2.75) is 20.8 Å². The number of hydrogen-bond donors (Lipinski definition) is 0. The van der Waals surface area contributed by atoms with Gasteiger partial charge in [-0.1, -0.05) is 13.8 Å². The number of nitrogens with zero attached hydrogens (tertiary/aromatic N) is 2. The molecule has 2 aromatic heterocycles. The van der Waals surface area contributed by atoms with Crippen LogP contribution in [0.5, 0.6) is 0 Å². The minimum absolute atomic E-state index is 1.22. The Labute approximate surface area is 79.2 Å². The number of aryl methyl sites for hydroxylation is 2. The molecule has 0 atom stereocenters. The summed E-state index contributed by atoms with van der Waals surface area (Å²) in [6.45, 7) is 6.10. The van der Waals surface area contributed by atoms with Gasteiger partial charge in [0.05, 0.1) is 5.52 Å². The molecule has 0 saturated carbocycles. The SMILES string of the molecule is CC.Cc1cc2cnccc2n1C. The fourth-order valence-electron chi connectivity index (χ4n) is 1.33. The van der Waals surface area contributed by atoms with Gasteiger partial charge in [-0.3, -0.25) is 4.98 Å². The van der Waals surface area contributed by atoms with Crippen molar-refractivity contribution in [2.75, 3.05) is 0 Å².